The van der Waals surface area contributed by atoms with Crippen molar-refractivity contribution in [3.8, 4) is 5.75 Å². The standard InChI is InChI=1S/C8H11NO.2CH4/c1-9-7-5-3-4-6-8(7)10-2;;/h3-6,9H,1-2H3;2*1H4. The third-order valence-electron chi connectivity index (χ3n) is 1.38. The van der Waals surface area contributed by atoms with Crippen LogP contribution in [-0.2, 0) is 0 Å². The monoisotopic (exact) mass is 169 g/mol. The maximum atomic E-state index is 5.07. The average molecular weight is 169 g/mol. The van der Waals surface area contributed by atoms with Crippen molar-refractivity contribution in [3.63, 3.8) is 0 Å². The van der Waals surface area contributed by atoms with E-state index in [1.54, 1.807) is 7.11 Å². The molecule has 0 saturated carbocycles. The van der Waals surface area contributed by atoms with Gasteiger partial charge < -0.3 is 10.1 Å². The molecule has 1 aromatic carbocycles. The Balaban J connectivity index is 0. The first-order valence-corrected chi connectivity index (χ1v) is 3.19. The molecule has 0 amide bonds. The van der Waals surface area contributed by atoms with Crippen LogP contribution in [-0.4, -0.2) is 14.2 Å². The minimum Gasteiger partial charge on any atom is -0.495 e. The lowest BCUT2D eigenvalue weighted by Crippen LogP contribution is -1.91. The van der Waals surface area contributed by atoms with E-state index >= 15 is 0 Å². The summed E-state index contributed by atoms with van der Waals surface area (Å²) in [6, 6.07) is 7.80. The van der Waals surface area contributed by atoms with Crippen molar-refractivity contribution in [1.82, 2.24) is 0 Å². The molecule has 0 heterocycles. The molecule has 0 aliphatic rings. The normalized spacial score (nSPS) is 7.50. The van der Waals surface area contributed by atoms with Crippen molar-refractivity contribution >= 4 is 5.69 Å². The minimum absolute atomic E-state index is 0. The summed E-state index contributed by atoms with van der Waals surface area (Å²) < 4.78 is 5.07. The molecule has 0 spiro atoms. The number of hydrogen-bond acceptors (Lipinski definition) is 2. The molecule has 0 radical (unpaired) electrons. The van der Waals surface area contributed by atoms with E-state index in [0.717, 1.165) is 11.4 Å². The number of anilines is 1. The Morgan fingerprint density at radius 3 is 2.17 bits per heavy atom. The molecule has 0 aromatic heterocycles. The lowest BCUT2D eigenvalue weighted by atomic mass is 10.3. The van der Waals surface area contributed by atoms with Crippen LogP contribution in [0.2, 0.25) is 0 Å². The van der Waals surface area contributed by atoms with Gasteiger partial charge >= 0.3 is 0 Å². The Kier molecular flexibility index (Phi) is 7.29. The van der Waals surface area contributed by atoms with Gasteiger partial charge in [0.1, 0.15) is 5.75 Å². The summed E-state index contributed by atoms with van der Waals surface area (Å²) in [6.45, 7) is 0. The fourth-order valence-electron chi connectivity index (χ4n) is 0.851. The van der Waals surface area contributed by atoms with Crippen LogP contribution in [0.1, 0.15) is 14.9 Å². The second-order valence-corrected chi connectivity index (χ2v) is 1.95. The molecule has 12 heavy (non-hydrogen) atoms. The SMILES string of the molecule is C.C.CNc1ccccc1OC. The molecule has 0 saturated heterocycles. The molecule has 0 atom stereocenters. The Bertz CT molecular complexity index is 188. The minimum atomic E-state index is 0. The molecule has 1 N–H and O–H groups in total. The van der Waals surface area contributed by atoms with Gasteiger partial charge in [-0.2, -0.15) is 0 Å². The lowest BCUT2D eigenvalue weighted by molar-refractivity contribution is 0.416. The highest BCUT2D eigenvalue weighted by Crippen LogP contribution is 2.21. The van der Waals surface area contributed by atoms with Gasteiger partial charge in [0.2, 0.25) is 0 Å². The van der Waals surface area contributed by atoms with E-state index in [1.807, 2.05) is 31.3 Å². The summed E-state index contributed by atoms with van der Waals surface area (Å²) in [5.74, 6) is 0.880. The van der Waals surface area contributed by atoms with E-state index in [9.17, 15) is 0 Å². The summed E-state index contributed by atoms with van der Waals surface area (Å²) in [4.78, 5) is 0. The number of para-hydroxylation sites is 2. The highest BCUT2D eigenvalue weighted by molar-refractivity contribution is 5.55. The molecule has 0 aliphatic carbocycles. The fourth-order valence-corrected chi connectivity index (χ4v) is 0.851. The molecule has 1 rings (SSSR count). The van der Waals surface area contributed by atoms with Crippen LogP contribution in [0.3, 0.4) is 0 Å². The van der Waals surface area contributed by atoms with Crippen LogP contribution in [0.25, 0.3) is 0 Å². The van der Waals surface area contributed by atoms with Crippen LogP contribution < -0.4 is 10.1 Å². The van der Waals surface area contributed by atoms with Gasteiger partial charge in [0.15, 0.2) is 0 Å². The molecule has 0 fully saturated rings. The third kappa shape index (κ3) is 2.82. The maximum absolute atomic E-state index is 5.07. The van der Waals surface area contributed by atoms with Gasteiger partial charge in [0, 0.05) is 7.05 Å². The van der Waals surface area contributed by atoms with Crippen molar-refractivity contribution in [1.29, 1.82) is 0 Å². The second-order valence-electron chi connectivity index (χ2n) is 1.95. The molecule has 1 aromatic rings. The van der Waals surface area contributed by atoms with Gasteiger partial charge in [-0.1, -0.05) is 27.0 Å². The van der Waals surface area contributed by atoms with Gasteiger partial charge in [0.05, 0.1) is 12.8 Å². The lowest BCUT2D eigenvalue weighted by Gasteiger charge is -2.05. The highest BCUT2D eigenvalue weighted by atomic mass is 16.5. The van der Waals surface area contributed by atoms with Crippen LogP contribution in [0.15, 0.2) is 24.3 Å². The number of methoxy groups -OCH3 is 1. The molecule has 0 bridgehead atoms. The molecule has 2 nitrogen and oxygen atoms in total. The zero-order valence-electron chi connectivity index (χ0n) is 6.22. The van der Waals surface area contributed by atoms with Crippen molar-refractivity contribution in [2.24, 2.45) is 0 Å². The smallest absolute Gasteiger partial charge is 0.141 e. The largest absolute Gasteiger partial charge is 0.495 e. The summed E-state index contributed by atoms with van der Waals surface area (Å²) in [7, 11) is 3.54. The topological polar surface area (TPSA) is 21.3 Å². The van der Waals surface area contributed by atoms with Gasteiger partial charge in [-0.15, -0.1) is 0 Å². The van der Waals surface area contributed by atoms with Crippen molar-refractivity contribution in [3.05, 3.63) is 24.3 Å². The molecule has 0 aliphatic heterocycles. The van der Waals surface area contributed by atoms with Crippen molar-refractivity contribution < 1.29 is 4.74 Å². The van der Waals surface area contributed by atoms with Gasteiger partial charge in [-0.05, 0) is 12.1 Å². The first kappa shape index (κ1) is 13.4. The predicted molar refractivity (Wildman–Crippen MR) is 56.0 cm³/mol. The summed E-state index contributed by atoms with van der Waals surface area (Å²) in [5.41, 5.74) is 1.02. The van der Waals surface area contributed by atoms with Crippen molar-refractivity contribution in [2.45, 2.75) is 14.9 Å². The van der Waals surface area contributed by atoms with Crippen LogP contribution >= 0.6 is 0 Å². The first-order chi connectivity index (χ1) is 4.88. The quantitative estimate of drug-likeness (QED) is 0.734. The van der Waals surface area contributed by atoms with Crippen LogP contribution in [0, 0.1) is 0 Å². The molecule has 0 unspecified atom stereocenters. The van der Waals surface area contributed by atoms with E-state index in [0.29, 0.717) is 0 Å². The Morgan fingerprint density at radius 1 is 1.17 bits per heavy atom. The third-order valence-corrected chi connectivity index (χ3v) is 1.38. The summed E-state index contributed by atoms with van der Waals surface area (Å²) in [6.07, 6.45) is 0. The fraction of sp³-hybridized carbons (Fsp3) is 0.400. The molecule has 2 heteroatoms. The highest BCUT2D eigenvalue weighted by Gasteiger charge is 1.95. The first-order valence-electron chi connectivity index (χ1n) is 3.19. The Hall–Kier alpha value is -1.18. The summed E-state index contributed by atoms with van der Waals surface area (Å²) >= 11 is 0. The van der Waals surface area contributed by atoms with Gasteiger partial charge in [0.25, 0.3) is 0 Å². The van der Waals surface area contributed by atoms with Crippen molar-refractivity contribution in [2.75, 3.05) is 19.5 Å². The Morgan fingerprint density at radius 2 is 1.75 bits per heavy atom. The molecular weight excluding hydrogens is 150 g/mol. The second kappa shape index (κ2) is 6.53. The van der Waals surface area contributed by atoms with Crippen LogP contribution in [0.4, 0.5) is 5.69 Å². The zero-order chi connectivity index (χ0) is 7.40. The Labute approximate surface area is 75.6 Å². The van der Waals surface area contributed by atoms with E-state index in [2.05, 4.69) is 5.32 Å². The number of ether oxygens (including phenoxy) is 1. The summed E-state index contributed by atoms with van der Waals surface area (Å²) in [5, 5.41) is 3.02. The van der Waals surface area contributed by atoms with E-state index < -0.39 is 0 Å². The predicted octanol–water partition coefficient (Wildman–Crippen LogP) is 3.01. The van der Waals surface area contributed by atoms with E-state index in [4.69, 9.17) is 4.74 Å². The van der Waals surface area contributed by atoms with E-state index in [1.165, 1.54) is 0 Å². The molecular formula is C10H19NO. The number of hydrogen-bond donors (Lipinski definition) is 1. The zero-order valence-corrected chi connectivity index (χ0v) is 6.22. The number of rotatable bonds is 2. The number of nitrogens with one attached hydrogen (secondary N) is 1. The van der Waals surface area contributed by atoms with Gasteiger partial charge in [-0.25, -0.2) is 0 Å². The van der Waals surface area contributed by atoms with Gasteiger partial charge in [-0.3, -0.25) is 0 Å². The number of benzene rings is 1. The van der Waals surface area contributed by atoms with Crippen LogP contribution in [0.5, 0.6) is 5.75 Å². The average Bonchev–Trinajstić information content (AvgIpc) is 2.04. The van der Waals surface area contributed by atoms with E-state index in [-0.39, 0.29) is 14.9 Å². The maximum Gasteiger partial charge on any atom is 0.141 e. The molecule has 70 valence electrons.